The fraction of sp³-hybridized carbons (Fsp3) is 0.571. The van der Waals surface area contributed by atoms with Crippen molar-refractivity contribution in [2.75, 3.05) is 19.6 Å². The molecule has 1 fully saturated rings. The fourth-order valence-electron chi connectivity index (χ4n) is 2.54. The number of likely N-dealkylation sites (tertiary alicyclic amines) is 1. The van der Waals surface area contributed by atoms with E-state index in [1.54, 1.807) is 0 Å². The van der Waals surface area contributed by atoms with Crippen LogP contribution in [0.3, 0.4) is 0 Å². The Balaban J connectivity index is 1.66. The zero-order chi connectivity index (χ0) is 13.5. The molecule has 1 aliphatic heterocycles. The van der Waals surface area contributed by atoms with Crippen LogP contribution in [0.2, 0.25) is 0 Å². The van der Waals surface area contributed by atoms with Gasteiger partial charge < -0.3 is 10.4 Å². The van der Waals surface area contributed by atoms with Crippen LogP contribution in [0.15, 0.2) is 24.4 Å². The van der Waals surface area contributed by atoms with E-state index in [2.05, 4.69) is 21.3 Å². The smallest absolute Gasteiger partial charge is 0.404 e. The van der Waals surface area contributed by atoms with Crippen molar-refractivity contribution in [3.8, 4) is 0 Å². The van der Waals surface area contributed by atoms with Gasteiger partial charge in [0.1, 0.15) is 0 Å². The minimum Gasteiger partial charge on any atom is -0.465 e. The Morgan fingerprint density at radius 3 is 2.84 bits per heavy atom. The topological polar surface area (TPSA) is 65.5 Å². The largest absolute Gasteiger partial charge is 0.465 e. The number of hydrogen-bond donors (Lipinski definition) is 2. The van der Waals surface area contributed by atoms with Gasteiger partial charge in [0.25, 0.3) is 0 Å². The Morgan fingerprint density at radius 2 is 2.21 bits per heavy atom. The van der Waals surface area contributed by atoms with Crippen LogP contribution in [0.4, 0.5) is 4.79 Å². The van der Waals surface area contributed by atoms with E-state index in [-0.39, 0.29) is 0 Å². The molecule has 5 nitrogen and oxygen atoms in total. The first-order valence-corrected chi connectivity index (χ1v) is 6.83. The van der Waals surface area contributed by atoms with Crippen molar-refractivity contribution in [3.63, 3.8) is 0 Å². The summed E-state index contributed by atoms with van der Waals surface area (Å²) in [6, 6.07) is 6.01. The van der Waals surface area contributed by atoms with Crippen molar-refractivity contribution in [3.05, 3.63) is 30.1 Å². The monoisotopic (exact) mass is 263 g/mol. The van der Waals surface area contributed by atoms with Crippen molar-refractivity contribution in [1.29, 1.82) is 0 Å². The van der Waals surface area contributed by atoms with Crippen LogP contribution in [0.5, 0.6) is 0 Å². The third-order valence-corrected chi connectivity index (χ3v) is 3.65. The Labute approximate surface area is 113 Å². The minimum atomic E-state index is -0.924. The van der Waals surface area contributed by atoms with Gasteiger partial charge in [0, 0.05) is 19.3 Å². The van der Waals surface area contributed by atoms with E-state index in [0.29, 0.717) is 12.5 Å². The summed E-state index contributed by atoms with van der Waals surface area (Å²) >= 11 is 0. The average molecular weight is 263 g/mol. The molecule has 19 heavy (non-hydrogen) atoms. The maximum Gasteiger partial charge on any atom is 0.404 e. The highest BCUT2D eigenvalue weighted by Gasteiger charge is 2.19. The molecular weight excluding hydrogens is 242 g/mol. The molecule has 1 aromatic rings. The highest BCUT2D eigenvalue weighted by atomic mass is 16.4. The van der Waals surface area contributed by atoms with Gasteiger partial charge in [-0.25, -0.2) is 4.79 Å². The molecular formula is C14H21N3O2. The number of carbonyl (C=O) groups is 1. The molecule has 2 N–H and O–H groups in total. The standard InChI is InChI=1S/C14H21N3O2/c18-14(19)16-8-4-12-5-9-17(10-6-12)11-13-3-1-2-7-15-13/h1-3,7,12,16H,4-6,8-11H2,(H,18,19). The molecule has 1 aliphatic rings. The summed E-state index contributed by atoms with van der Waals surface area (Å²) in [5.74, 6) is 0.645. The molecule has 0 radical (unpaired) electrons. The molecule has 0 bridgehead atoms. The van der Waals surface area contributed by atoms with Crippen molar-refractivity contribution in [2.45, 2.75) is 25.8 Å². The molecule has 0 unspecified atom stereocenters. The number of nitrogens with zero attached hydrogens (tertiary/aromatic N) is 2. The molecule has 0 aromatic carbocycles. The number of amides is 1. The summed E-state index contributed by atoms with van der Waals surface area (Å²) in [7, 11) is 0. The van der Waals surface area contributed by atoms with Crippen LogP contribution >= 0.6 is 0 Å². The summed E-state index contributed by atoms with van der Waals surface area (Å²) in [6.07, 6.45) is 4.15. The molecule has 0 spiro atoms. The van der Waals surface area contributed by atoms with Gasteiger partial charge in [-0.1, -0.05) is 6.07 Å². The second-order valence-electron chi connectivity index (χ2n) is 5.06. The zero-order valence-corrected chi connectivity index (χ0v) is 11.1. The Kier molecular flexibility index (Phi) is 5.15. The normalized spacial score (nSPS) is 17.3. The average Bonchev–Trinajstić information content (AvgIpc) is 2.42. The van der Waals surface area contributed by atoms with E-state index in [4.69, 9.17) is 5.11 Å². The Bertz CT molecular complexity index is 389. The highest BCUT2D eigenvalue weighted by molar-refractivity contribution is 5.64. The van der Waals surface area contributed by atoms with Crippen molar-refractivity contribution in [2.24, 2.45) is 5.92 Å². The molecule has 0 saturated carbocycles. The fourth-order valence-corrected chi connectivity index (χ4v) is 2.54. The number of piperidine rings is 1. The molecule has 5 heteroatoms. The summed E-state index contributed by atoms with van der Waals surface area (Å²) in [6.45, 7) is 3.64. The molecule has 0 aliphatic carbocycles. The summed E-state index contributed by atoms with van der Waals surface area (Å²) in [5, 5.41) is 11.0. The lowest BCUT2D eigenvalue weighted by atomic mass is 9.93. The van der Waals surface area contributed by atoms with Crippen molar-refractivity contribution >= 4 is 6.09 Å². The molecule has 2 rings (SSSR count). The number of rotatable bonds is 5. The Hall–Kier alpha value is -1.62. The van der Waals surface area contributed by atoms with Crippen LogP contribution in [-0.2, 0) is 6.54 Å². The summed E-state index contributed by atoms with van der Waals surface area (Å²) in [5.41, 5.74) is 1.12. The van der Waals surface area contributed by atoms with Gasteiger partial charge in [0.2, 0.25) is 0 Å². The van der Waals surface area contributed by atoms with Crippen LogP contribution in [0.1, 0.15) is 25.0 Å². The van der Waals surface area contributed by atoms with Crippen molar-refractivity contribution in [1.82, 2.24) is 15.2 Å². The second-order valence-corrected chi connectivity index (χ2v) is 5.06. The van der Waals surface area contributed by atoms with Gasteiger partial charge in [0.05, 0.1) is 5.69 Å². The SMILES string of the molecule is O=C(O)NCCC1CCN(Cc2ccccn2)CC1. The van der Waals surface area contributed by atoms with E-state index in [9.17, 15) is 4.79 Å². The van der Waals surface area contributed by atoms with Gasteiger partial charge in [0.15, 0.2) is 0 Å². The van der Waals surface area contributed by atoms with Gasteiger partial charge in [-0.3, -0.25) is 9.88 Å². The molecule has 1 amide bonds. The molecule has 1 aromatic heterocycles. The number of aromatic nitrogens is 1. The van der Waals surface area contributed by atoms with Gasteiger partial charge in [-0.2, -0.15) is 0 Å². The molecule has 2 heterocycles. The lowest BCUT2D eigenvalue weighted by molar-refractivity contribution is 0.167. The first-order chi connectivity index (χ1) is 9.24. The lowest BCUT2D eigenvalue weighted by Crippen LogP contribution is -2.34. The number of nitrogens with one attached hydrogen (secondary N) is 1. The third-order valence-electron chi connectivity index (χ3n) is 3.65. The van der Waals surface area contributed by atoms with Crippen LogP contribution in [0.25, 0.3) is 0 Å². The zero-order valence-electron chi connectivity index (χ0n) is 11.1. The number of pyridine rings is 1. The van der Waals surface area contributed by atoms with Gasteiger partial charge >= 0.3 is 6.09 Å². The molecule has 1 saturated heterocycles. The summed E-state index contributed by atoms with van der Waals surface area (Å²) < 4.78 is 0. The quantitative estimate of drug-likeness (QED) is 0.852. The predicted molar refractivity (Wildman–Crippen MR) is 72.9 cm³/mol. The van der Waals surface area contributed by atoms with Crippen LogP contribution in [-0.4, -0.2) is 40.7 Å². The maximum absolute atomic E-state index is 10.4. The first-order valence-electron chi connectivity index (χ1n) is 6.83. The molecule has 104 valence electrons. The van der Waals surface area contributed by atoms with E-state index in [1.807, 2.05) is 18.3 Å². The van der Waals surface area contributed by atoms with Crippen molar-refractivity contribution < 1.29 is 9.90 Å². The van der Waals surface area contributed by atoms with Crippen LogP contribution in [0, 0.1) is 5.92 Å². The van der Waals surface area contributed by atoms with E-state index in [1.165, 1.54) is 0 Å². The minimum absolute atomic E-state index is 0.570. The number of hydrogen-bond acceptors (Lipinski definition) is 3. The lowest BCUT2D eigenvalue weighted by Gasteiger charge is -2.31. The number of carboxylic acid groups (broad SMARTS) is 1. The molecule has 0 atom stereocenters. The van der Waals surface area contributed by atoms with Gasteiger partial charge in [-0.15, -0.1) is 0 Å². The van der Waals surface area contributed by atoms with Gasteiger partial charge in [-0.05, 0) is 50.4 Å². The predicted octanol–water partition coefficient (Wildman–Crippen LogP) is 1.95. The third kappa shape index (κ3) is 4.87. The van der Waals surface area contributed by atoms with E-state index >= 15 is 0 Å². The highest BCUT2D eigenvalue weighted by Crippen LogP contribution is 2.20. The maximum atomic E-state index is 10.4. The Morgan fingerprint density at radius 1 is 1.42 bits per heavy atom. The first kappa shape index (κ1) is 13.8. The second kappa shape index (κ2) is 7.09. The van der Waals surface area contributed by atoms with E-state index < -0.39 is 6.09 Å². The summed E-state index contributed by atoms with van der Waals surface area (Å²) in [4.78, 5) is 17.1. The van der Waals surface area contributed by atoms with E-state index in [0.717, 1.165) is 44.6 Å². The van der Waals surface area contributed by atoms with Crippen LogP contribution < -0.4 is 5.32 Å².